The number of carbonyl (C=O) groups is 2. The quantitative estimate of drug-likeness (QED) is 0.346. The largest absolute Gasteiger partial charge is 0.427 e. The van der Waals surface area contributed by atoms with Crippen LogP contribution in [-0.4, -0.2) is 23.8 Å². The first-order chi connectivity index (χ1) is 12.0. The lowest BCUT2D eigenvalue weighted by molar-refractivity contribution is -0.131. The Morgan fingerprint density at radius 2 is 1.92 bits per heavy atom. The van der Waals surface area contributed by atoms with Crippen LogP contribution in [0.15, 0.2) is 53.6 Å². The fourth-order valence-corrected chi connectivity index (χ4v) is 2.97. The molecule has 0 aliphatic rings. The fraction of sp³-hybridized carbons (Fsp3) is 0.167. The molecule has 5 nitrogen and oxygen atoms in total. The predicted octanol–water partition coefficient (Wildman–Crippen LogP) is 3.65. The molecular formula is C18H17ClN2O3S. The minimum absolute atomic E-state index is 0.190. The zero-order valence-electron chi connectivity index (χ0n) is 13.6. The summed E-state index contributed by atoms with van der Waals surface area (Å²) in [5, 5.41) is 4.60. The van der Waals surface area contributed by atoms with Crippen LogP contribution in [0.1, 0.15) is 18.1 Å². The van der Waals surface area contributed by atoms with Crippen molar-refractivity contribution in [1.29, 1.82) is 0 Å². The third-order valence-corrected chi connectivity index (χ3v) is 4.34. The minimum Gasteiger partial charge on any atom is -0.427 e. The number of carbonyl (C=O) groups excluding carboxylic acids is 2. The van der Waals surface area contributed by atoms with Crippen LogP contribution in [0.2, 0.25) is 5.02 Å². The average molecular weight is 377 g/mol. The number of nitrogens with zero attached hydrogens (tertiary/aromatic N) is 1. The molecule has 130 valence electrons. The molecule has 2 rings (SSSR count). The summed E-state index contributed by atoms with van der Waals surface area (Å²) >= 11 is 7.53. The van der Waals surface area contributed by atoms with Crippen LogP contribution in [0.4, 0.5) is 0 Å². The third-order valence-electron chi connectivity index (χ3n) is 2.99. The molecule has 7 heteroatoms. The van der Waals surface area contributed by atoms with Crippen LogP contribution < -0.4 is 10.2 Å². The molecule has 0 unspecified atom stereocenters. The van der Waals surface area contributed by atoms with Gasteiger partial charge in [0.25, 0.3) is 0 Å². The Morgan fingerprint density at radius 1 is 1.20 bits per heavy atom. The number of thioether (sulfide) groups is 1. The SMILES string of the molecule is CC(=O)Oc1ccc(/C=N\NC(=O)CSCc2ccccc2Cl)cc1. The van der Waals surface area contributed by atoms with Crippen molar-refractivity contribution in [3.63, 3.8) is 0 Å². The maximum atomic E-state index is 11.7. The Labute approximate surface area is 155 Å². The van der Waals surface area contributed by atoms with Crippen LogP contribution >= 0.6 is 23.4 Å². The summed E-state index contributed by atoms with van der Waals surface area (Å²) in [6, 6.07) is 14.3. The molecule has 25 heavy (non-hydrogen) atoms. The van der Waals surface area contributed by atoms with Gasteiger partial charge in [-0.25, -0.2) is 5.43 Å². The molecule has 0 heterocycles. The van der Waals surface area contributed by atoms with E-state index in [0.717, 1.165) is 11.1 Å². The highest BCUT2D eigenvalue weighted by Crippen LogP contribution is 2.20. The number of esters is 1. The Balaban J connectivity index is 1.73. The van der Waals surface area contributed by atoms with E-state index in [1.54, 1.807) is 24.3 Å². The predicted molar refractivity (Wildman–Crippen MR) is 101 cm³/mol. The standard InChI is InChI=1S/C18H17ClN2O3S/c1-13(22)24-16-8-6-14(7-9-16)10-20-21-18(23)12-25-11-15-4-2-3-5-17(15)19/h2-10H,11-12H2,1H3,(H,21,23)/b20-10-. The number of nitrogens with one attached hydrogen (secondary N) is 1. The molecule has 0 saturated carbocycles. The first-order valence-corrected chi connectivity index (χ1v) is 8.99. The van der Waals surface area contributed by atoms with Crippen LogP contribution in [0.25, 0.3) is 0 Å². The highest BCUT2D eigenvalue weighted by atomic mass is 35.5. The Kier molecular flexibility index (Phi) is 7.50. The molecule has 0 aromatic heterocycles. The number of hydrogen-bond acceptors (Lipinski definition) is 5. The van der Waals surface area contributed by atoms with E-state index in [4.69, 9.17) is 16.3 Å². The van der Waals surface area contributed by atoms with E-state index in [-0.39, 0.29) is 17.6 Å². The molecule has 2 aromatic carbocycles. The van der Waals surface area contributed by atoms with Gasteiger partial charge in [0, 0.05) is 17.7 Å². The zero-order chi connectivity index (χ0) is 18.1. The number of halogens is 1. The molecule has 2 aromatic rings. The smallest absolute Gasteiger partial charge is 0.308 e. The van der Waals surface area contributed by atoms with E-state index in [2.05, 4.69) is 10.5 Å². The molecule has 0 fully saturated rings. The van der Waals surface area contributed by atoms with Gasteiger partial charge in [-0.2, -0.15) is 5.10 Å². The number of ether oxygens (including phenoxy) is 1. The Hall–Kier alpha value is -2.31. The van der Waals surface area contributed by atoms with Crippen LogP contribution in [0.3, 0.4) is 0 Å². The lowest BCUT2D eigenvalue weighted by Crippen LogP contribution is -2.19. The van der Waals surface area contributed by atoms with Crippen molar-refractivity contribution in [2.75, 3.05) is 5.75 Å². The minimum atomic E-state index is -0.372. The summed E-state index contributed by atoms with van der Waals surface area (Å²) in [4.78, 5) is 22.6. The van der Waals surface area contributed by atoms with Gasteiger partial charge in [0.2, 0.25) is 5.91 Å². The van der Waals surface area contributed by atoms with Gasteiger partial charge in [0.1, 0.15) is 5.75 Å². The van der Waals surface area contributed by atoms with Gasteiger partial charge >= 0.3 is 5.97 Å². The highest BCUT2D eigenvalue weighted by Gasteiger charge is 2.03. The second-order valence-electron chi connectivity index (χ2n) is 5.04. The van der Waals surface area contributed by atoms with Crippen molar-refractivity contribution >= 4 is 41.5 Å². The van der Waals surface area contributed by atoms with E-state index in [1.165, 1.54) is 24.9 Å². The molecule has 0 saturated heterocycles. The van der Waals surface area contributed by atoms with Crippen LogP contribution in [-0.2, 0) is 15.3 Å². The first-order valence-electron chi connectivity index (χ1n) is 7.46. The van der Waals surface area contributed by atoms with Crippen molar-refractivity contribution < 1.29 is 14.3 Å². The molecule has 1 N–H and O–H groups in total. The Bertz CT molecular complexity index is 763. The number of hydrogen-bond donors (Lipinski definition) is 1. The normalized spacial score (nSPS) is 10.6. The van der Waals surface area contributed by atoms with Crippen molar-refractivity contribution in [2.24, 2.45) is 5.10 Å². The molecule has 0 spiro atoms. The van der Waals surface area contributed by atoms with Gasteiger partial charge in [-0.3, -0.25) is 9.59 Å². The van der Waals surface area contributed by atoms with Gasteiger partial charge in [0.05, 0.1) is 12.0 Å². The number of benzene rings is 2. The summed E-state index contributed by atoms with van der Waals surface area (Å²) in [5.41, 5.74) is 4.25. The average Bonchev–Trinajstić information content (AvgIpc) is 2.58. The topological polar surface area (TPSA) is 67.8 Å². The molecule has 0 aliphatic heterocycles. The van der Waals surface area contributed by atoms with Gasteiger partial charge in [0.15, 0.2) is 0 Å². The summed E-state index contributed by atoms with van der Waals surface area (Å²) < 4.78 is 4.94. The van der Waals surface area contributed by atoms with E-state index in [1.807, 2.05) is 24.3 Å². The second-order valence-corrected chi connectivity index (χ2v) is 6.43. The van der Waals surface area contributed by atoms with E-state index in [0.29, 0.717) is 16.5 Å². The number of hydrazone groups is 1. The van der Waals surface area contributed by atoms with Crippen molar-refractivity contribution in [1.82, 2.24) is 5.43 Å². The van der Waals surface area contributed by atoms with Gasteiger partial charge in [-0.15, -0.1) is 11.8 Å². The third kappa shape index (κ3) is 6.99. The fourth-order valence-electron chi connectivity index (χ4n) is 1.87. The lowest BCUT2D eigenvalue weighted by atomic mass is 10.2. The van der Waals surface area contributed by atoms with Crippen molar-refractivity contribution in [3.8, 4) is 5.75 Å². The molecule has 0 bridgehead atoms. The zero-order valence-corrected chi connectivity index (χ0v) is 15.1. The summed E-state index contributed by atoms with van der Waals surface area (Å²) in [6.07, 6.45) is 1.52. The molecule has 0 atom stereocenters. The number of amides is 1. The Morgan fingerprint density at radius 3 is 2.60 bits per heavy atom. The molecular weight excluding hydrogens is 360 g/mol. The van der Waals surface area contributed by atoms with Gasteiger partial charge in [-0.1, -0.05) is 29.8 Å². The highest BCUT2D eigenvalue weighted by molar-refractivity contribution is 7.99. The van der Waals surface area contributed by atoms with Gasteiger partial charge < -0.3 is 4.74 Å². The summed E-state index contributed by atoms with van der Waals surface area (Å²) in [6.45, 7) is 1.34. The lowest BCUT2D eigenvalue weighted by Gasteiger charge is -2.03. The second kappa shape index (κ2) is 9.86. The van der Waals surface area contributed by atoms with Crippen LogP contribution in [0, 0.1) is 0 Å². The number of rotatable bonds is 7. The summed E-state index contributed by atoms with van der Waals surface area (Å²) in [5.74, 6) is 0.847. The van der Waals surface area contributed by atoms with Crippen LogP contribution in [0.5, 0.6) is 5.75 Å². The maximum absolute atomic E-state index is 11.7. The van der Waals surface area contributed by atoms with Crippen molar-refractivity contribution in [3.05, 3.63) is 64.7 Å². The molecule has 1 amide bonds. The van der Waals surface area contributed by atoms with E-state index in [9.17, 15) is 9.59 Å². The van der Waals surface area contributed by atoms with E-state index < -0.39 is 0 Å². The van der Waals surface area contributed by atoms with Gasteiger partial charge in [-0.05, 0) is 41.5 Å². The first kappa shape index (κ1) is 19.0. The monoisotopic (exact) mass is 376 g/mol. The maximum Gasteiger partial charge on any atom is 0.308 e. The van der Waals surface area contributed by atoms with Crippen molar-refractivity contribution in [2.45, 2.75) is 12.7 Å². The van der Waals surface area contributed by atoms with E-state index >= 15 is 0 Å². The molecule has 0 radical (unpaired) electrons. The summed E-state index contributed by atoms with van der Waals surface area (Å²) in [7, 11) is 0. The molecule has 0 aliphatic carbocycles.